The third-order valence-corrected chi connectivity index (χ3v) is 3.39. The summed E-state index contributed by atoms with van der Waals surface area (Å²) in [6.07, 6.45) is 1.48. The zero-order valence-corrected chi connectivity index (χ0v) is 12.0. The van der Waals surface area contributed by atoms with Gasteiger partial charge in [-0.1, -0.05) is 35.8 Å². The third kappa shape index (κ3) is 2.46. The van der Waals surface area contributed by atoms with Gasteiger partial charge in [0.05, 0.1) is 0 Å². The van der Waals surface area contributed by atoms with E-state index in [4.69, 9.17) is 0 Å². The van der Waals surface area contributed by atoms with E-state index >= 15 is 0 Å². The molecule has 0 unspecified atom stereocenters. The monoisotopic (exact) mass is 311 g/mol. The van der Waals surface area contributed by atoms with E-state index in [2.05, 4.69) is 26.0 Å². The fraction of sp³-hybridized carbons (Fsp3) is 0.385. The second-order valence-electron chi connectivity index (χ2n) is 3.98. The number of hydrogen-bond donors (Lipinski definition) is 0. The molecule has 18 heavy (non-hydrogen) atoms. The van der Waals surface area contributed by atoms with Gasteiger partial charge in [0.1, 0.15) is 17.3 Å². The minimum atomic E-state index is -0.269. The van der Waals surface area contributed by atoms with E-state index < -0.39 is 0 Å². The van der Waals surface area contributed by atoms with Crippen molar-refractivity contribution in [3.63, 3.8) is 0 Å². The van der Waals surface area contributed by atoms with Crippen LogP contribution in [0, 0.1) is 5.82 Å². The van der Waals surface area contributed by atoms with Crippen LogP contribution in [0.1, 0.15) is 31.1 Å². The van der Waals surface area contributed by atoms with Crippen molar-refractivity contribution in [2.24, 2.45) is 0 Å². The van der Waals surface area contributed by atoms with E-state index in [-0.39, 0.29) is 5.82 Å². The second kappa shape index (κ2) is 5.61. The van der Waals surface area contributed by atoms with Crippen LogP contribution in [0.15, 0.2) is 18.2 Å². The summed E-state index contributed by atoms with van der Waals surface area (Å²) in [5.41, 5.74) is 1.37. The average molecular weight is 312 g/mol. The fourth-order valence-corrected chi connectivity index (χ4v) is 2.12. The first kappa shape index (κ1) is 13.2. The van der Waals surface area contributed by atoms with Crippen molar-refractivity contribution in [2.75, 3.05) is 0 Å². The van der Waals surface area contributed by atoms with Crippen LogP contribution in [0.25, 0.3) is 5.69 Å². The van der Waals surface area contributed by atoms with Crippen molar-refractivity contribution in [3.05, 3.63) is 41.2 Å². The smallest absolute Gasteiger partial charge is 0.151 e. The molecule has 1 heterocycles. The van der Waals surface area contributed by atoms with Crippen LogP contribution in [-0.4, -0.2) is 14.8 Å². The number of benzene rings is 1. The Morgan fingerprint density at radius 3 is 2.61 bits per heavy atom. The molecule has 0 fully saturated rings. The number of halogens is 2. The first-order chi connectivity index (χ1) is 8.69. The number of hydrogen-bond acceptors (Lipinski definition) is 2. The molecule has 0 N–H and O–H groups in total. The highest BCUT2D eigenvalue weighted by molar-refractivity contribution is 9.08. The van der Waals surface area contributed by atoms with Crippen molar-refractivity contribution in [1.29, 1.82) is 0 Å². The van der Waals surface area contributed by atoms with E-state index in [9.17, 15) is 4.39 Å². The highest BCUT2D eigenvalue weighted by atomic mass is 79.9. The molecule has 0 radical (unpaired) electrons. The first-order valence-electron chi connectivity index (χ1n) is 5.99. The number of rotatable bonds is 4. The molecule has 0 amide bonds. The molecular formula is C13H15BrFN3. The zero-order chi connectivity index (χ0) is 13.1. The molecular weight excluding hydrogens is 297 g/mol. The highest BCUT2D eigenvalue weighted by Crippen LogP contribution is 2.18. The van der Waals surface area contributed by atoms with Gasteiger partial charge in [-0.15, -0.1) is 0 Å². The summed E-state index contributed by atoms with van der Waals surface area (Å²) >= 11 is 3.31. The Kier molecular flexibility index (Phi) is 4.11. The number of alkyl halides is 1. The van der Waals surface area contributed by atoms with Gasteiger partial charge in [-0.05, 0) is 17.7 Å². The molecule has 0 aliphatic carbocycles. The minimum Gasteiger partial charge on any atom is -0.216 e. The van der Waals surface area contributed by atoms with Gasteiger partial charge < -0.3 is 0 Å². The third-order valence-electron chi connectivity index (χ3n) is 2.75. The van der Waals surface area contributed by atoms with Gasteiger partial charge in [-0.2, -0.15) is 5.10 Å². The van der Waals surface area contributed by atoms with Gasteiger partial charge >= 0.3 is 0 Å². The van der Waals surface area contributed by atoms with Crippen molar-refractivity contribution >= 4 is 15.9 Å². The van der Waals surface area contributed by atoms with E-state index in [1.807, 2.05) is 19.9 Å². The Hall–Kier alpha value is -1.23. The summed E-state index contributed by atoms with van der Waals surface area (Å²) in [5.74, 6) is 1.27. The van der Waals surface area contributed by atoms with E-state index in [0.717, 1.165) is 30.1 Å². The van der Waals surface area contributed by atoms with Crippen LogP contribution in [-0.2, 0) is 18.2 Å². The quantitative estimate of drug-likeness (QED) is 0.810. The molecule has 0 bridgehead atoms. The van der Waals surface area contributed by atoms with Crippen LogP contribution >= 0.6 is 15.9 Å². The summed E-state index contributed by atoms with van der Waals surface area (Å²) in [5, 5.41) is 4.98. The number of nitrogens with zero attached hydrogens (tertiary/aromatic N) is 3. The molecule has 2 aromatic rings. The number of aromatic nitrogens is 3. The van der Waals surface area contributed by atoms with Crippen LogP contribution < -0.4 is 0 Å². The van der Waals surface area contributed by atoms with Gasteiger partial charge in [-0.3, -0.25) is 0 Å². The van der Waals surface area contributed by atoms with E-state index in [0.29, 0.717) is 11.0 Å². The molecule has 0 aliphatic rings. The molecule has 0 saturated carbocycles. The molecule has 0 aliphatic heterocycles. The molecule has 3 nitrogen and oxygen atoms in total. The summed E-state index contributed by atoms with van der Waals surface area (Å²) < 4.78 is 15.6. The van der Waals surface area contributed by atoms with Crippen LogP contribution in [0.3, 0.4) is 0 Å². The minimum absolute atomic E-state index is 0.269. The van der Waals surface area contributed by atoms with Gasteiger partial charge in [0.25, 0.3) is 0 Å². The van der Waals surface area contributed by atoms with Crippen LogP contribution in [0.5, 0.6) is 0 Å². The largest absolute Gasteiger partial charge is 0.216 e. The first-order valence-corrected chi connectivity index (χ1v) is 7.11. The number of aryl methyl sites for hydroxylation is 2. The predicted octanol–water partition coefficient (Wildman–Crippen LogP) is 3.43. The van der Waals surface area contributed by atoms with Crippen molar-refractivity contribution in [1.82, 2.24) is 14.8 Å². The summed E-state index contributed by atoms with van der Waals surface area (Å²) in [6, 6.07) is 5.16. The SMILES string of the molecule is CCc1nc(CC)n(-c2ccc(CBr)cc2F)n1. The maximum atomic E-state index is 14.0. The lowest BCUT2D eigenvalue weighted by molar-refractivity contribution is 0.604. The van der Waals surface area contributed by atoms with Crippen LogP contribution in [0.2, 0.25) is 0 Å². The zero-order valence-electron chi connectivity index (χ0n) is 10.5. The van der Waals surface area contributed by atoms with E-state index in [1.54, 1.807) is 10.7 Å². The Labute approximate surface area is 114 Å². The van der Waals surface area contributed by atoms with E-state index in [1.165, 1.54) is 6.07 Å². The topological polar surface area (TPSA) is 30.7 Å². The highest BCUT2D eigenvalue weighted by Gasteiger charge is 2.12. The lowest BCUT2D eigenvalue weighted by Crippen LogP contribution is -2.05. The van der Waals surface area contributed by atoms with Gasteiger partial charge in [-0.25, -0.2) is 14.1 Å². The van der Waals surface area contributed by atoms with Crippen molar-refractivity contribution in [2.45, 2.75) is 32.0 Å². The molecule has 0 spiro atoms. The van der Waals surface area contributed by atoms with Crippen molar-refractivity contribution < 1.29 is 4.39 Å². The maximum Gasteiger partial charge on any atom is 0.151 e. The summed E-state index contributed by atoms with van der Waals surface area (Å²) in [7, 11) is 0. The molecule has 5 heteroatoms. The lowest BCUT2D eigenvalue weighted by Gasteiger charge is -2.06. The normalized spacial score (nSPS) is 10.9. The summed E-state index contributed by atoms with van der Waals surface area (Å²) in [4.78, 5) is 4.38. The molecule has 1 aromatic heterocycles. The summed E-state index contributed by atoms with van der Waals surface area (Å²) in [6.45, 7) is 3.98. The standard InChI is InChI=1S/C13H15BrFN3/c1-3-12-16-13(4-2)18(17-12)11-6-5-9(8-14)7-10(11)15/h5-7H,3-4,8H2,1-2H3. The fourth-order valence-electron chi connectivity index (χ4n) is 1.77. The molecule has 2 rings (SSSR count). The van der Waals surface area contributed by atoms with Crippen molar-refractivity contribution in [3.8, 4) is 5.69 Å². The maximum absolute atomic E-state index is 14.0. The van der Waals surface area contributed by atoms with Gasteiger partial charge in [0.2, 0.25) is 0 Å². The Morgan fingerprint density at radius 1 is 1.28 bits per heavy atom. The Morgan fingerprint density at radius 2 is 2.06 bits per heavy atom. The predicted molar refractivity (Wildman–Crippen MR) is 72.7 cm³/mol. The lowest BCUT2D eigenvalue weighted by atomic mass is 10.2. The average Bonchev–Trinajstić information content (AvgIpc) is 2.81. The molecule has 1 aromatic carbocycles. The van der Waals surface area contributed by atoms with Gasteiger partial charge in [0, 0.05) is 18.2 Å². The molecule has 0 atom stereocenters. The van der Waals surface area contributed by atoms with Gasteiger partial charge in [0.15, 0.2) is 5.82 Å². The molecule has 0 saturated heterocycles. The van der Waals surface area contributed by atoms with Crippen LogP contribution in [0.4, 0.5) is 4.39 Å². The molecule has 96 valence electrons. The Bertz CT molecular complexity index is 551. The second-order valence-corrected chi connectivity index (χ2v) is 4.54. The Balaban J connectivity index is 2.50.